The van der Waals surface area contributed by atoms with E-state index in [0.717, 1.165) is 116 Å². The molecule has 0 rings (SSSR count). The molecule has 0 bridgehead atoms. The van der Waals surface area contributed by atoms with Crippen LogP contribution < -0.4 is 5.32 Å². The molecule has 4 heteroatoms. The molecule has 0 radical (unpaired) electrons. The van der Waals surface area contributed by atoms with Crippen molar-refractivity contribution in [1.29, 1.82) is 0 Å². The third-order valence-electron chi connectivity index (χ3n) is 10.2. The lowest BCUT2D eigenvalue weighted by atomic mass is 10.1. The number of amides is 1. The molecule has 0 aromatic rings. The highest BCUT2D eigenvalue weighted by molar-refractivity contribution is 5.76. The number of aliphatic hydroxyl groups is 2. The standard InChI is InChI=1S/C59H93NO3/c1-3-5-7-9-11-13-15-17-19-20-21-22-23-24-25-26-27-28-29-30-31-32-33-34-35-36-37-38-39-40-41-43-45-47-49-51-53-55-59(63)60-57(56-61)58(62)54-52-50-48-46-44-42-18-16-14-12-10-8-6-4-2/h5,7,11,13-14,16-17,19,21-22,24-25,27-28,30-31,33-34,36-37,39-40,44,46,52,54,57-58,61-62H,3-4,6,8-10,12,15,18,20,23,26,29,32,35,38,41-43,45,47-51,53,55-56H2,1-2H3,(H,60,63)/b7-5-,13-11-,16-14+,19-17-,22-21-,25-24-,28-27-,31-30-,34-33-,37-36-,40-39-,46-44+,54-52+. The van der Waals surface area contributed by atoms with Crippen LogP contribution in [0.3, 0.4) is 0 Å². The fourth-order valence-electron chi connectivity index (χ4n) is 6.41. The molecular formula is C59H93NO3. The molecule has 0 fully saturated rings. The van der Waals surface area contributed by atoms with Crippen molar-refractivity contribution >= 4 is 5.91 Å². The Hall–Kier alpha value is -3.99. The van der Waals surface area contributed by atoms with E-state index in [1.165, 1.54) is 51.4 Å². The van der Waals surface area contributed by atoms with Gasteiger partial charge in [-0.15, -0.1) is 0 Å². The zero-order valence-corrected chi connectivity index (χ0v) is 40.3. The Morgan fingerprint density at radius 1 is 0.397 bits per heavy atom. The van der Waals surface area contributed by atoms with Crippen LogP contribution in [0.15, 0.2) is 158 Å². The highest BCUT2D eigenvalue weighted by atomic mass is 16.3. The van der Waals surface area contributed by atoms with E-state index in [1.54, 1.807) is 6.08 Å². The first-order chi connectivity index (χ1) is 31.2. The van der Waals surface area contributed by atoms with Gasteiger partial charge < -0.3 is 15.5 Å². The Morgan fingerprint density at radius 2 is 0.714 bits per heavy atom. The van der Waals surface area contributed by atoms with Gasteiger partial charge in [0.15, 0.2) is 0 Å². The van der Waals surface area contributed by atoms with Crippen LogP contribution in [-0.2, 0) is 4.79 Å². The summed E-state index contributed by atoms with van der Waals surface area (Å²) in [7, 11) is 0. The summed E-state index contributed by atoms with van der Waals surface area (Å²) >= 11 is 0. The minimum atomic E-state index is -0.887. The van der Waals surface area contributed by atoms with Gasteiger partial charge in [-0.2, -0.15) is 0 Å². The summed E-state index contributed by atoms with van der Waals surface area (Å²) in [6.45, 7) is 4.13. The molecular weight excluding hydrogens is 771 g/mol. The van der Waals surface area contributed by atoms with Gasteiger partial charge in [-0.05, 0) is 122 Å². The largest absolute Gasteiger partial charge is 0.394 e. The normalized spacial score (nSPS) is 14.3. The summed E-state index contributed by atoms with van der Waals surface area (Å²) in [5.74, 6) is -0.102. The summed E-state index contributed by atoms with van der Waals surface area (Å²) in [5.41, 5.74) is 0. The SMILES string of the molecule is CC/C=C\C/C=C\C/C=C\C/C=C\C/C=C\C/C=C\C/C=C\C/C=C\C/C=C\C/C=C\CCCCCCCCC(=O)NC(CO)C(O)/C=C/CC/C=C/CC/C=C/CCCCCC. The molecule has 0 spiro atoms. The second-order valence-corrected chi connectivity index (χ2v) is 16.1. The summed E-state index contributed by atoms with van der Waals surface area (Å²) in [6.07, 6.45) is 85.1. The summed E-state index contributed by atoms with van der Waals surface area (Å²) in [6, 6.07) is -0.665. The molecule has 4 nitrogen and oxygen atoms in total. The molecule has 0 aromatic carbocycles. The molecule has 2 unspecified atom stereocenters. The molecule has 0 aliphatic rings. The summed E-state index contributed by atoms with van der Waals surface area (Å²) < 4.78 is 0. The second kappa shape index (κ2) is 52.4. The Bertz CT molecular complexity index is 1400. The molecule has 0 saturated heterocycles. The van der Waals surface area contributed by atoms with Crippen molar-refractivity contribution in [1.82, 2.24) is 5.32 Å². The van der Waals surface area contributed by atoms with E-state index in [9.17, 15) is 15.0 Å². The van der Waals surface area contributed by atoms with Gasteiger partial charge in [0.05, 0.1) is 18.8 Å². The van der Waals surface area contributed by atoms with Crippen molar-refractivity contribution < 1.29 is 15.0 Å². The Balaban J connectivity index is 3.73. The number of rotatable bonds is 43. The maximum absolute atomic E-state index is 12.4. The van der Waals surface area contributed by atoms with Crippen LogP contribution in [0.5, 0.6) is 0 Å². The number of nitrogens with one attached hydrogen (secondary N) is 1. The number of carbonyl (C=O) groups is 1. The topological polar surface area (TPSA) is 69.6 Å². The van der Waals surface area contributed by atoms with Crippen molar-refractivity contribution in [3.8, 4) is 0 Å². The van der Waals surface area contributed by atoms with Crippen LogP contribution in [-0.4, -0.2) is 34.9 Å². The maximum Gasteiger partial charge on any atom is 0.220 e. The summed E-state index contributed by atoms with van der Waals surface area (Å²) in [5, 5.41) is 23.0. The zero-order valence-electron chi connectivity index (χ0n) is 40.3. The van der Waals surface area contributed by atoms with Crippen LogP contribution in [0.1, 0.15) is 187 Å². The molecule has 2 atom stereocenters. The first kappa shape index (κ1) is 59.0. The number of aliphatic hydroxyl groups excluding tert-OH is 2. The van der Waals surface area contributed by atoms with E-state index in [1.807, 2.05) is 6.08 Å². The van der Waals surface area contributed by atoms with Crippen molar-refractivity contribution in [2.45, 2.75) is 199 Å². The Kier molecular flexibility index (Phi) is 49.0. The predicted molar refractivity (Wildman–Crippen MR) is 280 cm³/mol. The van der Waals surface area contributed by atoms with Crippen LogP contribution in [0, 0.1) is 0 Å². The average Bonchev–Trinajstić information content (AvgIpc) is 3.29. The number of carbonyl (C=O) groups excluding carboxylic acids is 1. The minimum absolute atomic E-state index is 0.102. The molecule has 0 saturated carbocycles. The molecule has 0 heterocycles. The van der Waals surface area contributed by atoms with Gasteiger partial charge in [0.2, 0.25) is 5.91 Å². The number of hydrogen-bond acceptors (Lipinski definition) is 3. The van der Waals surface area contributed by atoms with Gasteiger partial charge in [-0.1, -0.05) is 217 Å². The van der Waals surface area contributed by atoms with E-state index in [4.69, 9.17) is 0 Å². The van der Waals surface area contributed by atoms with Crippen LogP contribution >= 0.6 is 0 Å². The quantitative estimate of drug-likeness (QED) is 0.0422. The van der Waals surface area contributed by atoms with Crippen molar-refractivity contribution in [2.24, 2.45) is 0 Å². The van der Waals surface area contributed by atoms with Gasteiger partial charge in [-0.25, -0.2) is 0 Å². The van der Waals surface area contributed by atoms with E-state index in [0.29, 0.717) is 6.42 Å². The lowest BCUT2D eigenvalue weighted by Crippen LogP contribution is -2.45. The molecule has 0 aliphatic carbocycles. The zero-order chi connectivity index (χ0) is 45.6. The van der Waals surface area contributed by atoms with Crippen LogP contribution in [0.25, 0.3) is 0 Å². The van der Waals surface area contributed by atoms with E-state index < -0.39 is 12.1 Å². The molecule has 1 amide bonds. The third-order valence-corrected chi connectivity index (χ3v) is 10.2. The smallest absolute Gasteiger partial charge is 0.220 e. The third kappa shape index (κ3) is 48.9. The van der Waals surface area contributed by atoms with E-state index in [-0.39, 0.29) is 12.5 Å². The van der Waals surface area contributed by atoms with E-state index >= 15 is 0 Å². The van der Waals surface area contributed by atoms with Gasteiger partial charge in [0.25, 0.3) is 0 Å². The number of unbranched alkanes of at least 4 members (excludes halogenated alkanes) is 12. The lowest BCUT2D eigenvalue weighted by molar-refractivity contribution is -0.123. The highest BCUT2D eigenvalue weighted by Gasteiger charge is 2.17. The minimum Gasteiger partial charge on any atom is -0.394 e. The van der Waals surface area contributed by atoms with Gasteiger partial charge in [-0.3, -0.25) is 4.79 Å². The van der Waals surface area contributed by atoms with Crippen molar-refractivity contribution in [3.63, 3.8) is 0 Å². The second-order valence-electron chi connectivity index (χ2n) is 16.1. The molecule has 0 aliphatic heterocycles. The van der Waals surface area contributed by atoms with Gasteiger partial charge in [0, 0.05) is 6.42 Å². The Labute approximate surface area is 388 Å². The predicted octanol–water partition coefficient (Wildman–Crippen LogP) is 16.6. The monoisotopic (exact) mass is 864 g/mol. The molecule has 63 heavy (non-hydrogen) atoms. The fraction of sp³-hybridized carbons (Fsp3) is 0.542. The number of allylic oxidation sites excluding steroid dienone is 25. The van der Waals surface area contributed by atoms with Gasteiger partial charge in [0.1, 0.15) is 0 Å². The molecule has 0 aromatic heterocycles. The average molecular weight is 864 g/mol. The molecule has 352 valence electrons. The highest BCUT2D eigenvalue weighted by Crippen LogP contribution is 2.10. The first-order valence-electron chi connectivity index (χ1n) is 25.2. The molecule has 3 N–H and O–H groups in total. The van der Waals surface area contributed by atoms with Gasteiger partial charge >= 0.3 is 0 Å². The van der Waals surface area contributed by atoms with E-state index in [2.05, 4.69) is 165 Å². The van der Waals surface area contributed by atoms with Crippen molar-refractivity contribution in [2.75, 3.05) is 6.61 Å². The van der Waals surface area contributed by atoms with Crippen molar-refractivity contribution in [3.05, 3.63) is 158 Å². The summed E-state index contributed by atoms with van der Waals surface area (Å²) in [4.78, 5) is 12.4. The first-order valence-corrected chi connectivity index (χ1v) is 25.2. The number of hydrogen-bond donors (Lipinski definition) is 3. The Morgan fingerprint density at radius 3 is 1.11 bits per heavy atom. The fourth-order valence-corrected chi connectivity index (χ4v) is 6.41. The maximum atomic E-state index is 12.4. The van der Waals surface area contributed by atoms with Crippen LogP contribution in [0.4, 0.5) is 0 Å². The lowest BCUT2D eigenvalue weighted by Gasteiger charge is -2.19. The van der Waals surface area contributed by atoms with Crippen LogP contribution in [0.2, 0.25) is 0 Å².